The molecule has 0 saturated heterocycles. The van der Waals surface area contributed by atoms with Crippen LogP contribution in [0.4, 0.5) is 0 Å². The highest BCUT2D eigenvalue weighted by Crippen LogP contribution is 2.26. The molecule has 0 unspecified atom stereocenters. The molecule has 0 radical (unpaired) electrons. The molecule has 0 fully saturated rings. The molecular weight excluding hydrogens is 170 g/mol. The molecule has 0 amide bonds. The third kappa shape index (κ3) is 0.987. The highest BCUT2D eigenvalue weighted by molar-refractivity contribution is 5.63. The van der Waals surface area contributed by atoms with Crippen LogP contribution in [-0.4, -0.2) is 0 Å². The minimum atomic E-state index is 1.02. The van der Waals surface area contributed by atoms with Gasteiger partial charge in [0, 0.05) is 17.7 Å². The minimum Gasteiger partial charge on any atom is -0.194 e. The number of aromatic nitrogens is 1. The van der Waals surface area contributed by atoms with E-state index in [9.17, 15) is 0 Å². The average Bonchev–Trinajstić information content (AvgIpc) is 2.56. The van der Waals surface area contributed by atoms with Crippen LogP contribution in [0, 0.1) is 6.92 Å². The fourth-order valence-electron chi connectivity index (χ4n) is 2.10. The summed E-state index contributed by atoms with van der Waals surface area (Å²) in [6.07, 6.45) is 2.17. The second-order valence-corrected chi connectivity index (χ2v) is 3.87. The summed E-state index contributed by atoms with van der Waals surface area (Å²) in [5.41, 5.74) is 5.49. The summed E-state index contributed by atoms with van der Waals surface area (Å²) < 4.78 is 2.30. The second-order valence-electron chi connectivity index (χ2n) is 3.87. The van der Waals surface area contributed by atoms with Crippen molar-refractivity contribution in [2.24, 2.45) is 0 Å². The van der Waals surface area contributed by atoms with Crippen molar-refractivity contribution in [2.45, 2.75) is 13.5 Å². The summed E-state index contributed by atoms with van der Waals surface area (Å²) in [6, 6.07) is 13.0. The van der Waals surface area contributed by atoms with Crippen molar-refractivity contribution in [1.82, 2.24) is 0 Å². The molecule has 1 aromatic carbocycles. The predicted molar refractivity (Wildman–Crippen MR) is 55.9 cm³/mol. The number of pyridine rings is 1. The number of hydrogen-bond acceptors (Lipinski definition) is 0. The smallest absolute Gasteiger partial charge is 0.194 e. The molecule has 1 aromatic heterocycles. The van der Waals surface area contributed by atoms with Crippen LogP contribution in [0.15, 0.2) is 42.6 Å². The third-order valence-electron chi connectivity index (χ3n) is 2.83. The zero-order valence-corrected chi connectivity index (χ0v) is 8.20. The Labute approximate surface area is 83.6 Å². The molecule has 2 heterocycles. The van der Waals surface area contributed by atoms with Gasteiger partial charge in [0.15, 0.2) is 12.7 Å². The Hall–Kier alpha value is -1.63. The van der Waals surface area contributed by atoms with E-state index in [1.54, 1.807) is 0 Å². The Morgan fingerprint density at radius 2 is 2.00 bits per heavy atom. The van der Waals surface area contributed by atoms with E-state index in [-0.39, 0.29) is 0 Å². The second kappa shape index (κ2) is 2.68. The molecule has 2 aromatic rings. The zero-order chi connectivity index (χ0) is 9.54. The molecule has 3 rings (SSSR count). The molecule has 1 heteroatoms. The van der Waals surface area contributed by atoms with Gasteiger partial charge in [-0.05, 0) is 18.6 Å². The molecule has 1 aliphatic heterocycles. The number of aryl methyl sites for hydroxylation is 1. The highest BCUT2D eigenvalue weighted by Gasteiger charge is 2.24. The van der Waals surface area contributed by atoms with Gasteiger partial charge in [0.1, 0.15) is 0 Å². The van der Waals surface area contributed by atoms with Gasteiger partial charge in [-0.1, -0.05) is 18.2 Å². The Balaban J connectivity index is 2.30. The molecule has 0 atom stereocenters. The van der Waals surface area contributed by atoms with Crippen LogP contribution >= 0.6 is 0 Å². The predicted octanol–water partition coefficient (Wildman–Crippen LogP) is 2.31. The van der Waals surface area contributed by atoms with E-state index in [2.05, 4.69) is 54.1 Å². The largest absolute Gasteiger partial charge is 0.213 e. The maximum atomic E-state index is 2.30. The van der Waals surface area contributed by atoms with Gasteiger partial charge < -0.3 is 0 Å². The van der Waals surface area contributed by atoms with E-state index in [0.717, 1.165) is 6.54 Å². The molecule has 1 aliphatic rings. The standard InChI is InChI=1S/C13H12N/c1-10-6-7-14-9-11-4-2-3-5-12(11)13(14)8-10/h2-8H,9H2,1H3/q+1. The molecule has 14 heavy (non-hydrogen) atoms. The van der Waals surface area contributed by atoms with Crippen molar-refractivity contribution < 1.29 is 4.57 Å². The first kappa shape index (κ1) is 7.74. The lowest BCUT2D eigenvalue weighted by atomic mass is 10.1. The van der Waals surface area contributed by atoms with Crippen molar-refractivity contribution in [3.05, 3.63) is 53.7 Å². The third-order valence-corrected chi connectivity index (χ3v) is 2.83. The molecule has 0 aliphatic carbocycles. The highest BCUT2D eigenvalue weighted by atomic mass is 15.0. The molecule has 0 spiro atoms. The number of hydrogen-bond donors (Lipinski definition) is 0. The van der Waals surface area contributed by atoms with Crippen LogP contribution in [-0.2, 0) is 6.54 Å². The number of benzene rings is 1. The van der Waals surface area contributed by atoms with Gasteiger partial charge in [0.2, 0.25) is 5.69 Å². The summed E-state index contributed by atoms with van der Waals surface area (Å²) in [5, 5.41) is 0. The minimum absolute atomic E-state index is 1.02. The molecule has 0 bridgehead atoms. The van der Waals surface area contributed by atoms with Crippen LogP contribution < -0.4 is 4.57 Å². The first-order chi connectivity index (χ1) is 6.84. The maximum absolute atomic E-state index is 2.30. The number of rotatable bonds is 0. The fourth-order valence-corrected chi connectivity index (χ4v) is 2.10. The summed E-state index contributed by atoms with van der Waals surface area (Å²) in [7, 11) is 0. The van der Waals surface area contributed by atoms with Crippen LogP contribution in [0.1, 0.15) is 11.1 Å². The van der Waals surface area contributed by atoms with E-state index in [4.69, 9.17) is 0 Å². The lowest BCUT2D eigenvalue weighted by molar-refractivity contribution is -0.672. The molecule has 1 nitrogen and oxygen atoms in total. The number of fused-ring (bicyclic) bond motifs is 3. The van der Waals surface area contributed by atoms with Gasteiger partial charge in [-0.15, -0.1) is 0 Å². The Bertz CT molecular complexity index is 500. The Morgan fingerprint density at radius 1 is 1.14 bits per heavy atom. The van der Waals surface area contributed by atoms with Crippen LogP contribution in [0.5, 0.6) is 0 Å². The first-order valence-electron chi connectivity index (χ1n) is 4.93. The molecule has 0 saturated carbocycles. The summed E-state index contributed by atoms with van der Waals surface area (Å²) in [4.78, 5) is 0. The normalized spacial score (nSPS) is 12.4. The Kier molecular flexibility index (Phi) is 1.48. The van der Waals surface area contributed by atoms with Gasteiger partial charge in [-0.2, -0.15) is 4.57 Å². The number of nitrogens with zero attached hydrogens (tertiary/aromatic N) is 1. The van der Waals surface area contributed by atoms with Crippen molar-refractivity contribution in [3.8, 4) is 11.3 Å². The lowest BCUT2D eigenvalue weighted by Crippen LogP contribution is -2.31. The van der Waals surface area contributed by atoms with Gasteiger partial charge in [-0.3, -0.25) is 0 Å². The van der Waals surface area contributed by atoms with Crippen LogP contribution in [0.3, 0.4) is 0 Å². The summed E-state index contributed by atoms with van der Waals surface area (Å²) in [5.74, 6) is 0. The molecule has 68 valence electrons. The van der Waals surface area contributed by atoms with Gasteiger partial charge in [0.25, 0.3) is 0 Å². The SMILES string of the molecule is Cc1cc[n+]2c(c1)-c1ccccc1C2. The topological polar surface area (TPSA) is 3.88 Å². The summed E-state index contributed by atoms with van der Waals surface area (Å²) in [6.45, 7) is 3.16. The first-order valence-corrected chi connectivity index (χ1v) is 4.93. The van der Waals surface area contributed by atoms with Gasteiger partial charge >= 0.3 is 0 Å². The van der Waals surface area contributed by atoms with Crippen molar-refractivity contribution in [2.75, 3.05) is 0 Å². The van der Waals surface area contributed by atoms with E-state index in [0.29, 0.717) is 0 Å². The van der Waals surface area contributed by atoms with Crippen molar-refractivity contribution in [3.63, 3.8) is 0 Å². The van der Waals surface area contributed by atoms with Crippen LogP contribution in [0.25, 0.3) is 11.3 Å². The average molecular weight is 182 g/mol. The maximum Gasteiger partial charge on any atom is 0.213 e. The zero-order valence-electron chi connectivity index (χ0n) is 8.20. The van der Waals surface area contributed by atoms with Crippen molar-refractivity contribution in [1.29, 1.82) is 0 Å². The van der Waals surface area contributed by atoms with Gasteiger partial charge in [-0.25, -0.2) is 0 Å². The van der Waals surface area contributed by atoms with E-state index in [1.807, 2.05) is 0 Å². The van der Waals surface area contributed by atoms with E-state index >= 15 is 0 Å². The van der Waals surface area contributed by atoms with Crippen LogP contribution in [0.2, 0.25) is 0 Å². The van der Waals surface area contributed by atoms with Crippen molar-refractivity contribution >= 4 is 0 Å². The van der Waals surface area contributed by atoms with Gasteiger partial charge in [0.05, 0.1) is 5.56 Å². The molecule has 0 N–H and O–H groups in total. The lowest BCUT2D eigenvalue weighted by Gasteiger charge is -1.94. The van der Waals surface area contributed by atoms with E-state index in [1.165, 1.54) is 22.4 Å². The summed E-state index contributed by atoms with van der Waals surface area (Å²) >= 11 is 0. The monoisotopic (exact) mass is 182 g/mol. The molecular formula is C13H12N+. The fraction of sp³-hybridized carbons (Fsp3) is 0.154. The van der Waals surface area contributed by atoms with E-state index < -0.39 is 0 Å². The Morgan fingerprint density at radius 3 is 2.93 bits per heavy atom. The quantitative estimate of drug-likeness (QED) is 0.470.